The van der Waals surface area contributed by atoms with E-state index < -0.39 is 0 Å². The second kappa shape index (κ2) is 5.24. The molecule has 2 unspecified atom stereocenters. The first kappa shape index (κ1) is 12.9. The number of hydrogen-bond acceptors (Lipinski definition) is 2. The third kappa shape index (κ3) is 4.06. The summed E-state index contributed by atoms with van der Waals surface area (Å²) in [5, 5.41) is 4.65. The molecule has 88 valence electrons. The van der Waals surface area contributed by atoms with Crippen LogP contribution in [0.3, 0.4) is 0 Å². The number of rotatable bonds is 3. The molecular formula is C12H24N2S. The highest BCUT2D eigenvalue weighted by molar-refractivity contribution is 8.13. The molecule has 0 aliphatic carbocycles. The highest BCUT2D eigenvalue weighted by Crippen LogP contribution is 2.23. The Morgan fingerprint density at radius 3 is 2.67 bits per heavy atom. The molecule has 3 heteroatoms. The molecule has 0 aromatic rings. The summed E-state index contributed by atoms with van der Waals surface area (Å²) in [5.74, 6) is 1.86. The molecule has 1 heterocycles. The molecule has 0 aromatic heterocycles. The quantitative estimate of drug-likeness (QED) is 0.801. The molecule has 2 atom stereocenters. The molecule has 0 amide bonds. The first-order valence-electron chi connectivity index (χ1n) is 5.93. The first-order chi connectivity index (χ1) is 6.94. The fourth-order valence-corrected chi connectivity index (χ4v) is 2.91. The van der Waals surface area contributed by atoms with Crippen LogP contribution in [-0.2, 0) is 0 Å². The van der Waals surface area contributed by atoms with Crippen LogP contribution in [-0.4, -0.2) is 22.5 Å². The summed E-state index contributed by atoms with van der Waals surface area (Å²) in [6.45, 7) is 11.2. The lowest BCUT2D eigenvalue weighted by Crippen LogP contribution is -2.46. The van der Waals surface area contributed by atoms with Crippen molar-refractivity contribution in [2.45, 2.75) is 59.0 Å². The Balaban J connectivity index is 2.59. The summed E-state index contributed by atoms with van der Waals surface area (Å²) in [6.07, 6.45) is 2.42. The van der Waals surface area contributed by atoms with E-state index in [0.717, 1.165) is 5.17 Å². The molecule has 0 spiro atoms. The van der Waals surface area contributed by atoms with Gasteiger partial charge in [-0.25, -0.2) is 0 Å². The number of nitrogens with one attached hydrogen (secondary N) is 1. The standard InChI is InChI=1S/C12H24N2S/c1-6-9(2)10(3)13-11-14-12(4,5)7-8-15-11/h9-10H,6-8H2,1-5H3,(H,13,14). The third-order valence-electron chi connectivity index (χ3n) is 3.20. The zero-order valence-electron chi connectivity index (χ0n) is 10.6. The maximum absolute atomic E-state index is 4.77. The minimum absolute atomic E-state index is 0.221. The van der Waals surface area contributed by atoms with Crippen LogP contribution < -0.4 is 5.32 Å². The number of nitrogens with zero attached hydrogens (tertiary/aromatic N) is 1. The average molecular weight is 228 g/mol. The van der Waals surface area contributed by atoms with Gasteiger partial charge in [0.05, 0.1) is 6.04 Å². The van der Waals surface area contributed by atoms with Crippen molar-refractivity contribution in [1.82, 2.24) is 5.32 Å². The Hall–Kier alpha value is -0.180. The Labute approximate surface area is 98.3 Å². The van der Waals surface area contributed by atoms with Crippen molar-refractivity contribution in [3.8, 4) is 0 Å². The van der Waals surface area contributed by atoms with Crippen molar-refractivity contribution in [3.63, 3.8) is 0 Å². The largest absolute Gasteiger partial charge is 0.360 e. The lowest BCUT2D eigenvalue weighted by atomic mass is 10.0. The van der Waals surface area contributed by atoms with E-state index in [2.05, 4.69) is 39.9 Å². The molecular weight excluding hydrogens is 204 g/mol. The minimum Gasteiger partial charge on any atom is -0.360 e. The molecule has 15 heavy (non-hydrogen) atoms. The van der Waals surface area contributed by atoms with Gasteiger partial charge >= 0.3 is 0 Å². The SMILES string of the molecule is CCC(C)C(C)N=C1NC(C)(C)CCS1. The predicted octanol–water partition coefficient (Wildman–Crippen LogP) is 3.28. The van der Waals surface area contributed by atoms with Gasteiger partial charge < -0.3 is 5.32 Å². The Morgan fingerprint density at radius 1 is 1.47 bits per heavy atom. The fraction of sp³-hybridized carbons (Fsp3) is 0.917. The molecule has 2 nitrogen and oxygen atoms in total. The van der Waals surface area contributed by atoms with Crippen molar-refractivity contribution in [1.29, 1.82) is 0 Å². The molecule has 0 radical (unpaired) electrons. The maximum Gasteiger partial charge on any atom is 0.157 e. The predicted molar refractivity (Wildman–Crippen MR) is 70.6 cm³/mol. The summed E-state index contributed by atoms with van der Waals surface area (Å²) in [5.41, 5.74) is 0.221. The van der Waals surface area contributed by atoms with E-state index in [1.165, 1.54) is 18.6 Å². The van der Waals surface area contributed by atoms with Crippen molar-refractivity contribution in [3.05, 3.63) is 0 Å². The third-order valence-corrected chi connectivity index (χ3v) is 4.09. The number of hydrogen-bond donors (Lipinski definition) is 1. The first-order valence-corrected chi connectivity index (χ1v) is 6.92. The zero-order chi connectivity index (χ0) is 11.5. The second-order valence-corrected chi connectivity index (χ2v) is 6.25. The van der Waals surface area contributed by atoms with Gasteiger partial charge in [0.15, 0.2) is 5.17 Å². The zero-order valence-corrected chi connectivity index (χ0v) is 11.4. The summed E-state index contributed by atoms with van der Waals surface area (Å²) >= 11 is 1.86. The monoisotopic (exact) mass is 228 g/mol. The van der Waals surface area contributed by atoms with Gasteiger partial charge in [-0.2, -0.15) is 0 Å². The normalized spacial score (nSPS) is 27.1. The lowest BCUT2D eigenvalue weighted by Gasteiger charge is -2.33. The maximum atomic E-state index is 4.77. The second-order valence-electron chi connectivity index (χ2n) is 5.17. The fourth-order valence-electron chi connectivity index (χ4n) is 1.51. The van der Waals surface area contributed by atoms with Gasteiger partial charge in [0.25, 0.3) is 0 Å². The van der Waals surface area contributed by atoms with E-state index in [9.17, 15) is 0 Å². The van der Waals surface area contributed by atoms with E-state index in [4.69, 9.17) is 4.99 Å². The molecule has 1 aliphatic heterocycles. The van der Waals surface area contributed by atoms with Crippen LogP contribution in [0.4, 0.5) is 0 Å². The molecule has 1 fully saturated rings. The van der Waals surface area contributed by atoms with E-state index in [0.29, 0.717) is 12.0 Å². The molecule has 1 N–H and O–H groups in total. The van der Waals surface area contributed by atoms with Gasteiger partial charge in [0.2, 0.25) is 0 Å². The number of amidine groups is 1. The summed E-state index contributed by atoms with van der Waals surface area (Å²) in [7, 11) is 0. The highest BCUT2D eigenvalue weighted by atomic mass is 32.2. The van der Waals surface area contributed by atoms with Gasteiger partial charge in [0.1, 0.15) is 0 Å². The van der Waals surface area contributed by atoms with Gasteiger partial charge in [-0.3, -0.25) is 4.99 Å². The molecule has 0 bridgehead atoms. The van der Waals surface area contributed by atoms with E-state index in [-0.39, 0.29) is 5.54 Å². The van der Waals surface area contributed by atoms with Crippen LogP contribution in [0.2, 0.25) is 0 Å². The number of aliphatic imine (C=N–C) groups is 1. The van der Waals surface area contributed by atoms with Crippen LogP contribution in [0.15, 0.2) is 4.99 Å². The molecule has 1 rings (SSSR count). The van der Waals surface area contributed by atoms with Gasteiger partial charge in [-0.15, -0.1) is 0 Å². The Bertz CT molecular complexity index is 236. The summed E-state index contributed by atoms with van der Waals surface area (Å²) in [4.78, 5) is 4.77. The topological polar surface area (TPSA) is 24.4 Å². The van der Waals surface area contributed by atoms with Crippen LogP contribution in [0.25, 0.3) is 0 Å². The van der Waals surface area contributed by atoms with Crippen molar-refractivity contribution < 1.29 is 0 Å². The van der Waals surface area contributed by atoms with E-state index in [1.54, 1.807) is 0 Å². The van der Waals surface area contributed by atoms with Crippen LogP contribution in [0.5, 0.6) is 0 Å². The lowest BCUT2D eigenvalue weighted by molar-refractivity contribution is 0.437. The van der Waals surface area contributed by atoms with Crippen molar-refractivity contribution in [2.75, 3.05) is 5.75 Å². The molecule has 0 saturated carbocycles. The molecule has 1 saturated heterocycles. The van der Waals surface area contributed by atoms with Gasteiger partial charge in [-0.1, -0.05) is 32.0 Å². The number of thioether (sulfide) groups is 1. The van der Waals surface area contributed by atoms with Crippen LogP contribution >= 0.6 is 11.8 Å². The minimum atomic E-state index is 0.221. The average Bonchev–Trinajstić information content (AvgIpc) is 2.14. The van der Waals surface area contributed by atoms with E-state index >= 15 is 0 Å². The highest BCUT2D eigenvalue weighted by Gasteiger charge is 2.24. The summed E-state index contributed by atoms with van der Waals surface area (Å²) in [6, 6.07) is 0.430. The van der Waals surface area contributed by atoms with Crippen molar-refractivity contribution in [2.24, 2.45) is 10.9 Å². The smallest absolute Gasteiger partial charge is 0.157 e. The van der Waals surface area contributed by atoms with Gasteiger partial charge in [-0.05, 0) is 33.1 Å². The van der Waals surface area contributed by atoms with Crippen molar-refractivity contribution >= 4 is 16.9 Å². The Morgan fingerprint density at radius 2 is 2.13 bits per heavy atom. The van der Waals surface area contributed by atoms with E-state index in [1.807, 2.05) is 11.8 Å². The van der Waals surface area contributed by atoms with Gasteiger partial charge in [0, 0.05) is 11.3 Å². The Kier molecular flexibility index (Phi) is 4.50. The molecule has 0 aromatic carbocycles. The molecule has 1 aliphatic rings. The summed E-state index contributed by atoms with van der Waals surface area (Å²) < 4.78 is 0. The van der Waals surface area contributed by atoms with Crippen LogP contribution in [0, 0.1) is 5.92 Å². The van der Waals surface area contributed by atoms with Crippen LogP contribution in [0.1, 0.15) is 47.5 Å².